The minimum Gasteiger partial charge on any atom is -0.377 e. The van der Waals surface area contributed by atoms with Crippen LogP contribution in [-0.2, 0) is 6.54 Å². The maximum atomic E-state index is 2.55. The zero-order valence-electron chi connectivity index (χ0n) is 21.1. The Kier molecular flexibility index (Phi) is 9.35. The van der Waals surface area contributed by atoms with Gasteiger partial charge in [-0.25, -0.2) is 0 Å². The van der Waals surface area contributed by atoms with Gasteiger partial charge in [-0.2, -0.15) is 4.57 Å². The molecule has 0 saturated carbocycles. The van der Waals surface area contributed by atoms with Gasteiger partial charge in [-0.1, -0.05) is 51.2 Å². The quantitative estimate of drug-likeness (QED) is 0.166. The fraction of sp³-hybridized carbons (Fsp3) is 0.552. The van der Waals surface area contributed by atoms with Gasteiger partial charge in [0.1, 0.15) is 6.54 Å². The molecule has 0 aliphatic carbocycles. The fourth-order valence-electron chi connectivity index (χ4n) is 4.85. The van der Waals surface area contributed by atoms with Gasteiger partial charge < -0.3 is 9.80 Å². The predicted molar refractivity (Wildman–Crippen MR) is 141 cm³/mol. The van der Waals surface area contributed by atoms with Crippen molar-refractivity contribution in [3.05, 3.63) is 48.5 Å². The number of fused-ring (bicyclic) bond motifs is 2. The van der Waals surface area contributed by atoms with Crippen LogP contribution in [0.25, 0.3) is 21.8 Å². The molecule has 3 nitrogen and oxygen atoms in total. The molecule has 174 valence electrons. The number of hydrogen-bond acceptors (Lipinski definition) is 2. The second-order valence-corrected chi connectivity index (χ2v) is 9.81. The number of para-hydroxylation sites is 1. The normalized spacial score (nSPS) is 12.7. The van der Waals surface area contributed by atoms with E-state index in [4.69, 9.17) is 0 Å². The highest BCUT2D eigenvalue weighted by atomic mass is 15.1. The van der Waals surface area contributed by atoms with Gasteiger partial charge in [-0.05, 0) is 57.6 Å². The highest BCUT2D eigenvalue weighted by Crippen LogP contribution is 2.23. The molecule has 3 heteroatoms. The van der Waals surface area contributed by atoms with Gasteiger partial charge in [0.05, 0.1) is 0 Å². The topological polar surface area (TPSA) is 10.4 Å². The van der Waals surface area contributed by atoms with Gasteiger partial charge in [0.15, 0.2) is 0 Å². The maximum Gasteiger partial charge on any atom is 0.215 e. The predicted octanol–water partition coefficient (Wildman–Crippen LogP) is 6.81. The standard InChI is InChI=1S/C29H44N3/c1-6-7-8-10-16-26(30(2)3)17-11-9-14-21-32-28-18-13-12-15-24(28)22-25-19-20-27(31(4)5)23-29(25)32/h12-13,15,18-20,22-23,26H,6-11,14,16-17,21H2,1-5H3/q+1. The van der Waals surface area contributed by atoms with Crippen LogP contribution in [0.2, 0.25) is 0 Å². The average molecular weight is 435 g/mol. The minimum absolute atomic E-state index is 0.737. The first kappa shape index (κ1) is 24.5. The molecular formula is C29H44N3+. The van der Waals surface area contributed by atoms with Gasteiger partial charge in [-0.3, -0.25) is 0 Å². The Balaban J connectivity index is 1.66. The SMILES string of the molecule is CCCCCCC(CCCCC[n+]1c2ccccc2cc2ccc(N(C)C)cc21)N(C)C. The number of hydrogen-bond donors (Lipinski definition) is 0. The lowest BCUT2D eigenvalue weighted by atomic mass is 10.0. The third-order valence-corrected chi connectivity index (χ3v) is 6.90. The number of aromatic nitrogens is 1. The zero-order chi connectivity index (χ0) is 22.9. The highest BCUT2D eigenvalue weighted by molar-refractivity contribution is 5.90. The van der Waals surface area contributed by atoms with Crippen LogP contribution < -0.4 is 9.47 Å². The van der Waals surface area contributed by atoms with Crippen molar-refractivity contribution in [2.24, 2.45) is 0 Å². The molecule has 1 unspecified atom stereocenters. The first-order chi connectivity index (χ1) is 15.5. The molecule has 0 radical (unpaired) electrons. The largest absolute Gasteiger partial charge is 0.377 e. The van der Waals surface area contributed by atoms with E-state index in [0.717, 1.165) is 12.6 Å². The lowest BCUT2D eigenvalue weighted by Gasteiger charge is -2.24. The van der Waals surface area contributed by atoms with E-state index < -0.39 is 0 Å². The fourth-order valence-corrected chi connectivity index (χ4v) is 4.85. The molecule has 0 saturated heterocycles. The summed E-state index contributed by atoms with van der Waals surface area (Å²) in [5, 5.41) is 2.66. The van der Waals surface area contributed by atoms with Crippen molar-refractivity contribution in [1.82, 2.24) is 4.90 Å². The molecule has 0 N–H and O–H groups in total. The molecule has 3 rings (SSSR count). The van der Waals surface area contributed by atoms with Crippen molar-refractivity contribution in [1.29, 1.82) is 0 Å². The molecule has 1 aromatic heterocycles. The Morgan fingerprint density at radius 3 is 2.09 bits per heavy atom. The molecule has 1 atom stereocenters. The van der Waals surface area contributed by atoms with E-state index in [1.165, 1.54) is 85.3 Å². The molecule has 3 aromatic rings. The lowest BCUT2D eigenvalue weighted by Crippen LogP contribution is -2.36. The van der Waals surface area contributed by atoms with Crippen LogP contribution in [0.4, 0.5) is 5.69 Å². The van der Waals surface area contributed by atoms with Crippen molar-refractivity contribution < 1.29 is 4.57 Å². The van der Waals surface area contributed by atoms with Gasteiger partial charge in [0, 0.05) is 55.2 Å². The molecule has 0 amide bonds. The third kappa shape index (κ3) is 6.45. The molecular weight excluding hydrogens is 390 g/mol. The van der Waals surface area contributed by atoms with E-state index in [-0.39, 0.29) is 0 Å². The van der Waals surface area contributed by atoms with E-state index in [1.807, 2.05) is 0 Å². The highest BCUT2D eigenvalue weighted by Gasteiger charge is 2.16. The van der Waals surface area contributed by atoms with Crippen LogP contribution in [0.5, 0.6) is 0 Å². The Hall–Kier alpha value is -2.13. The summed E-state index contributed by atoms with van der Waals surface area (Å²) in [5.74, 6) is 0. The minimum atomic E-state index is 0.737. The van der Waals surface area contributed by atoms with Gasteiger partial charge in [0.25, 0.3) is 0 Å². The monoisotopic (exact) mass is 434 g/mol. The molecule has 0 fully saturated rings. The third-order valence-electron chi connectivity index (χ3n) is 6.90. The van der Waals surface area contributed by atoms with Gasteiger partial charge >= 0.3 is 0 Å². The van der Waals surface area contributed by atoms with Crippen LogP contribution in [-0.4, -0.2) is 39.1 Å². The molecule has 0 bridgehead atoms. The van der Waals surface area contributed by atoms with Crippen LogP contribution in [0.15, 0.2) is 48.5 Å². The summed E-state index contributed by atoms with van der Waals surface area (Å²) < 4.78 is 2.55. The summed E-state index contributed by atoms with van der Waals surface area (Å²) in [7, 11) is 8.75. The van der Waals surface area contributed by atoms with Crippen LogP contribution in [0.1, 0.15) is 64.7 Å². The second kappa shape index (κ2) is 12.2. The molecule has 32 heavy (non-hydrogen) atoms. The van der Waals surface area contributed by atoms with Gasteiger partial charge in [0.2, 0.25) is 11.0 Å². The van der Waals surface area contributed by atoms with E-state index in [0.29, 0.717) is 0 Å². The smallest absolute Gasteiger partial charge is 0.215 e. The first-order valence-corrected chi connectivity index (χ1v) is 12.7. The maximum absolute atomic E-state index is 2.55. The summed E-state index contributed by atoms with van der Waals surface area (Å²) in [6.07, 6.45) is 12.0. The second-order valence-electron chi connectivity index (χ2n) is 9.81. The summed E-state index contributed by atoms with van der Waals surface area (Å²) in [5.41, 5.74) is 3.95. The lowest BCUT2D eigenvalue weighted by molar-refractivity contribution is -0.645. The van der Waals surface area contributed by atoms with Gasteiger partial charge in [-0.15, -0.1) is 0 Å². The number of anilines is 1. The average Bonchev–Trinajstić information content (AvgIpc) is 2.78. The van der Waals surface area contributed by atoms with E-state index >= 15 is 0 Å². The number of aryl methyl sites for hydroxylation is 1. The summed E-state index contributed by atoms with van der Waals surface area (Å²) in [6.45, 7) is 3.37. The number of nitrogens with zero attached hydrogens (tertiary/aromatic N) is 3. The van der Waals surface area contributed by atoms with Crippen molar-refractivity contribution >= 4 is 27.5 Å². The Bertz CT molecular complexity index is 977. The van der Waals surface area contributed by atoms with E-state index in [1.54, 1.807) is 0 Å². The molecule has 0 aliphatic rings. The van der Waals surface area contributed by atoms with Crippen LogP contribution >= 0.6 is 0 Å². The zero-order valence-corrected chi connectivity index (χ0v) is 21.1. The van der Waals surface area contributed by atoms with Crippen molar-refractivity contribution in [3.63, 3.8) is 0 Å². The summed E-state index contributed by atoms with van der Waals surface area (Å²) in [4.78, 5) is 4.64. The molecule has 0 aliphatic heterocycles. The summed E-state index contributed by atoms with van der Waals surface area (Å²) >= 11 is 0. The Morgan fingerprint density at radius 2 is 1.41 bits per heavy atom. The Morgan fingerprint density at radius 1 is 0.719 bits per heavy atom. The number of benzene rings is 2. The first-order valence-electron chi connectivity index (χ1n) is 12.7. The number of pyridine rings is 1. The van der Waals surface area contributed by atoms with Crippen molar-refractivity contribution in [2.45, 2.75) is 77.3 Å². The van der Waals surface area contributed by atoms with E-state index in [2.05, 4.69) is 98.0 Å². The van der Waals surface area contributed by atoms with E-state index in [9.17, 15) is 0 Å². The van der Waals surface area contributed by atoms with Crippen molar-refractivity contribution in [2.75, 3.05) is 33.1 Å². The van der Waals surface area contributed by atoms with Crippen LogP contribution in [0.3, 0.4) is 0 Å². The van der Waals surface area contributed by atoms with Crippen molar-refractivity contribution in [3.8, 4) is 0 Å². The molecule has 1 heterocycles. The van der Waals surface area contributed by atoms with Crippen LogP contribution in [0, 0.1) is 0 Å². The number of unbranched alkanes of at least 4 members (excludes halogenated alkanes) is 5. The number of rotatable bonds is 13. The molecule has 0 spiro atoms. The molecule has 2 aromatic carbocycles. The Labute approximate surface area is 196 Å². The summed E-state index contributed by atoms with van der Waals surface area (Å²) in [6, 6.07) is 18.7.